The van der Waals surface area contributed by atoms with Crippen molar-refractivity contribution in [1.29, 1.82) is 0 Å². The van der Waals surface area contributed by atoms with E-state index in [0.29, 0.717) is 12.2 Å². The summed E-state index contributed by atoms with van der Waals surface area (Å²) in [5, 5.41) is 0. The number of hydrogen-bond donors (Lipinski definition) is 0. The van der Waals surface area contributed by atoms with Crippen LogP contribution in [0.1, 0.15) is 60.2 Å². The van der Waals surface area contributed by atoms with Gasteiger partial charge >= 0.3 is 5.97 Å². The largest absolute Gasteiger partial charge is 0.462 e. The Morgan fingerprint density at radius 1 is 1.27 bits per heavy atom. The Morgan fingerprint density at radius 2 is 2.08 bits per heavy atom. The number of hydrogen-bond acceptors (Lipinski definition) is 3. The van der Waals surface area contributed by atoms with E-state index in [-0.39, 0.29) is 17.3 Å². The minimum absolute atomic E-state index is 0.0597. The van der Waals surface area contributed by atoms with E-state index >= 15 is 0 Å². The van der Waals surface area contributed by atoms with Gasteiger partial charge in [0.1, 0.15) is 0 Å². The molecule has 0 aliphatic heterocycles. The molecule has 2 aromatic carbocycles. The standard InChI is InChI=1S/C22H24N2O2/c1-5-26-21(25)14-9-10-18-16(11-14)17(12-22(18,2)3)15-7-6-8-19-20(15)23-13-24(19)4/h6-11,13,17H,5,12H2,1-4H3. The number of esters is 1. The molecule has 0 amide bonds. The molecule has 1 heterocycles. The molecule has 0 bridgehead atoms. The van der Waals surface area contributed by atoms with Gasteiger partial charge in [0.25, 0.3) is 0 Å². The lowest BCUT2D eigenvalue weighted by Crippen LogP contribution is -2.13. The van der Waals surface area contributed by atoms with Crippen molar-refractivity contribution in [1.82, 2.24) is 9.55 Å². The molecule has 0 spiro atoms. The van der Waals surface area contributed by atoms with Gasteiger partial charge in [0.2, 0.25) is 0 Å². The molecule has 0 N–H and O–H groups in total. The van der Waals surface area contributed by atoms with Crippen LogP contribution < -0.4 is 0 Å². The Kier molecular flexibility index (Phi) is 3.87. The van der Waals surface area contributed by atoms with Gasteiger partial charge in [-0.2, -0.15) is 0 Å². The fraction of sp³-hybridized carbons (Fsp3) is 0.364. The molecule has 4 nitrogen and oxygen atoms in total. The lowest BCUT2D eigenvalue weighted by molar-refractivity contribution is 0.0526. The summed E-state index contributed by atoms with van der Waals surface area (Å²) in [5.74, 6) is -0.0252. The molecule has 0 radical (unpaired) electrons. The smallest absolute Gasteiger partial charge is 0.338 e. The summed E-state index contributed by atoms with van der Waals surface area (Å²) in [6.07, 6.45) is 2.87. The molecular formula is C22H24N2O2. The zero-order chi connectivity index (χ0) is 18.5. The highest BCUT2D eigenvalue weighted by atomic mass is 16.5. The number of para-hydroxylation sites is 1. The highest BCUT2D eigenvalue weighted by Gasteiger charge is 2.38. The zero-order valence-corrected chi connectivity index (χ0v) is 15.7. The van der Waals surface area contributed by atoms with Crippen LogP contribution in [0.25, 0.3) is 11.0 Å². The Hall–Kier alpha value is -2.62. The number of aromatic nitrogens is 2. The monoisotopic (exact) mass is 348 g/mol. The van der Waals surface area contributed by atoms with E-state index in [1.807, 2.05) is 32.4 Å². The third kappa shape index (κ3) is 2.52. The summed E-state index contributed by atoms with van der Waals surface area (Å²) in [7, 11) is 2.02. The van der Waals surface area contributed by atoms with Gasteiger partial charge in [0, 0.05) is 13.0 Å². The Bertz CT molecular complexity index is 1000. The van der Waals surface area contributed by atoms with Gasteiger partial charge in [-0.15, -0.1) is 0 Å². The lowest BCUT2D eigenvalue weighted by atomic mass is 9.85. The molecule has 1 aliphatic rings. The number of aryl methyl sites for hydroxylation is 1. The SMILES string of the molecule is CCOC(=O)c1ccc2c(c1)C(c1cccc3c1ncn3C)CC2(C)C. The molecular weight excluding hydrogens is 324 g/mol. The fourth-order valence-electron chi connectivity index (χ4n) is 4.28. The second-order valence-corrected chi connectivity index (χ2v) is 7.73. The number of imidazole rings is 1. The van der Waals surface area contributed by atoms with Crippen molar-refractivity contribution < 1.29 is 9.53 Å². The first-order chi connectivity index (χ1) is 12.4. The van der Waals surface area contributed by atoms with Crippen LogP contribution in [0.2, 0.25) is 0 Å². The molecule has 4 heteroatoms. The third-order valence-corrected chi connectivity index (χ3v) is 5.54. The molecule has 1 aromatic heterocycles. The topological polar surface area (TPSA) is 44.1 Å². The number of carbonyl (C=O) groups is 1. The second kappa shape index (κ2) is 5.97. The average Bonchev–Trinajstić information content (AvgIpc) is 3.13. The quantitative estimate of drug-likeness (QED) is 0.652. The third-order valence-electron chi connectivity index (χ3n) is 5.54. The fourth-order valence-corrected chi connectivity index (χ4v) is 4.28. The molecule has 0 saturated heterocycles. The van der Waals surface area contributed by atoms with Crippen molar-refractivity contribution in [2.45, 2.75) is 38.5 Å². The second-order valence-electron chi connectivity index (χ2n) is 7.73. The minimum Gasteiger partial charge on any atom is -0.462 e. The molecule has 1 atom stereocenters. The Balaban J connectivity index is 1.87. The highest BCUT2D eigenvalue weighted by Crippen LogP contribution is 2.50. The van der Waals surface area contributed by atoms with E-state index in [4.69, 9.17) is 4.74 Å². The van der Waals surface area contributed by atoms with Gasteiger partial charge in [-0.3, -0.25) is 0 Å². The van der Waals surface area contributed by atoms with Gasteiger partial charge in [-0.1, -0.05) is 32.0 Å². The van der Waals surface area contributed by atoms with Crippen LogP contribution in [0, 0.1) is 0 Å². The van der Waals surface area contributed by atoms with Crippen molar-refractivity contribution >= 4 is 17.0 Å². The first-order valence-corrected chi connectivity index (χ1v) is 9.14. The summed E-state index contributed by atoms with van der Waals surface area (Å²) in [6, 6.07) is 12.4. The van der Waals surface area contributed by atoms with E-state index in [1.165, 1.54) is 16.7 Å². The number of nitrogens with zero attached hydrogens (tertiary/aromatic N) is 2. The van der Waals surface area contributed by atoms with Crippen LogP contribution in [-0.4, -0.2) is 22.1 Å². The minimum atomic E-state index is -0.255. The molecule has 26 heavy (non-hydrogen) atoms. The Morgan fingerprint density at radius 3 is 2.85 bits per heavy atom. The summed E-state index contributed by atoms with van der Waals surface area (Å²) in [4.78, 5) is 16.9. The van der Waals surface area contributed by atoms with E-state index in [0.717, 1.165) is 17.5 Å². The van der Waals surface area contributed by atoms with E-state index in [9.17, 15) is 4.79 Å². The average molecular weight is 348 g/mol. The maximum absolute atomic E-state index is 12.2. The van der Waals surface area contributed by atoms with Gasteiger partial charge in [-0.25, -0.2) is 9.78 Å². The molecule has 4 rings (SSSR count). The molecule has 134 valence electrons. The van der Waals surface area contributed by atoms with Crippen molar-refractivity contribution in [3.05, 3.63) is 65.0 Å². The highest BCUT2D eigenvalue weighted by molar-refractivity contribution is 5.90. The predicted molar refractivity (Wildman–Crippen MR) is 103 cm³/mol. The van der Waals surface area contributed by atoms with E-state index in [1.54, 1.807) is 0 Å². The first kappa shape index (κ1) is 16.8. The van der Waals surface area contributed by atoms with Gasteiger partial charge in [-0.05, 0) is 53.6 Å². The maximum Gasteiger partial charge on any atom is 0.338 e. The number of rotatable bonds is 3. The summed E-state index contributed by atoms with van der Waals surface area (Å²) in [6.45, 7) is 6.76. The van der Waals surface area contributed by atoms with Crippen LogP contribution in [0.5, 0.6) is 0 Å². The maximum atomic E-state index is 12.2. The van der Waals surface area contributed by atoms with Crippen molar-refractivity contribution in [3.63, 3.8) is 0 Å². The predicted octanol–water partition coefficient (Wildman–Crippen LogP) is 4.56. The lowest BCUT2D eigenvalue weighted by Gasteiger charge is -2.19. The van der Waals surface area contributed by atoms with Crippen LogP contribution in [0.3, 0.4) is 0 Å². The zero-order valence-electron chi connectivity index (χ0n) is 15.7. The molecule has 0 saturated carbocycles. The van der Waals surface area contributed by atoms with Gasteiger partial charge in [0.05, 0.1) is 29.5 Å². The van der Waals surface area contributed by atoms with Crippen LogP contribution in [0.4, 0.5) is 0 Å². The summed E-state index contributed by atoms with van der Waals surface area (Å²) in [5.41, 5.74) is 6.63. The molecule has 1 unspecified atom stereocenters. The van der Waals surface area contributed by atoms with Crippen molar-refractivity contribution in [2.24, 2.45) is 7.05 Å². The van der Waals surface area contributed by atoms with Crippen LogP contribution in [0.15, 0.2) is 42.7 Å². The molecule has 3 aromatic rings. The first-order valence-electron chi connectivity index (χ1n) is 9.14. The van der Waals surface area contributed by atoms with Gasteiger partial charge < -0.3 is 9.30 Å². The number of ether oxygens (including phenoxy) is 1. The summed E-state index contributed by atoms with van der Waals surface area (Å²) >= 11 is 0. The molecule has 1 aliphatic carbocycles. The van der Waals surface area contributed by atoms with Crippen molar-refractivity contribution in [2.75, 3.05) is 6.61 Å². The summed E-state index contributed by atoms with van der Waals surface area (Å²) < 4.78 is 7.25. The van der Waals surface area contributed by atoms with Crippen molar-refractivity contribution in [3.8, 4) is 0 Å². The molecule has 0 fully saturated rings. The van der Waals surface area contributed by atoms with Crippen LogP contribution >= 0.6 is 0 Å². The Labute approximate surface area is 153 Å². The van der Waals surface area contributed by atoms with Crippen LogP contribution in [-0.2, 0) is 17.2 Å². The number of benzene rings is 2. The number of carbonyl (C=O) groups excluding carboxylic acids is 1. The number of fused-ring (bicyclic) bond motifs is 2. The van der Waals surface area contributed by atoms with E-state index in [2.05, 4.69) is 47.7 Å². The normalized spacial score (nSPS) is 18.1. The van der Waals surface area contributed by atoms with Gasteiger partial charge in [0.15, 0.2) is 0 Å². The van der Waals surface area contributed by atoms with E-state index < -0.39 is 0 Å².